The van der Waals surface area contributed by atoms with Crippen LogP contribution in [-0.2, 0) is 0 Å². The third kappa shape index (κ3) is 3.99. The van der Waals surface area contributed by atoms with E-state index in [2.05, 4.69) is 57.3 Å². The van der Waals surface area contributed by atoms with E-state index in [1.807, 2.05) is 0 Å². The van der Waals surface area contributed by atoms with E-state index >= 15 is 0 Å². The van der Waals surface area contributed by atoms with Gasteiger partial charge in [0.25, 0.3) is 0 Å². The molecule has 2 unspecified atom stereocenters. The molecule has 1 heterocycles. The largest absolute Gasteiger partial charge is 0.493 e. The van der Waals surface area contributed by atoms with Crippen LogP contribution in [0.25, 0.3) is 0 Å². The molecule has 0 aromatic heterocycles. The van der Waals surface area contributed by atoms with Gasteiger partial charge in [-0.1, -0.05) is 39.0 Å². The van der Waals surface area contributed by atoms with Crippen molar-refractivity contribution in [1.82, 2.24) is 5.32 Å². The van der Waals surface area contributed by atoms with Gasteiger partial charge in [-0.2, -0.15) is 0 Å². The van der Waals surface area contributed by atoms with Gasteiger partial charge in [-0.15, -0.1) is 0 Å². The normalized spacial score (nSPS) is 20.1. The van der Waals surface area contributed by atoms with Crippen molar-refractivity contribution in [2.75, 3.05) is 13.2 Å². The van der Waals surface area contributed by atoms with Gasteiger partial charge >= 0.3 is 0 Å². The summed E-state index contributed by atoms with van der Waals surface area (Å²) >= 11 is 0. The summed E-state index contributed by atoms with van der Waals surface area (Å²) in [6, 6.07) is 9.14. The Morgan fingerprint density at radius 3 is 2.85 bits per heavy atom. The summed E-state index contributed by atoms with van der Waals surface area (Å²) in [5.41, 5.74) is 1.76. The van der Waals surface area contributed by atoms with Gasteiger partial charge in [-0.3, -0.25) is 0 Å². The third-order valence-corrected chi connectivity index (χ3v) is 4.29. The summed E-state index contributed by atoms with van der Waals surface area (Å²) < 4.78 is 5.78. The van der Waals surface area contributed by atoms with Gasteiger partial charge in [0.1, 0.15) is 5.75 Å². The zero-order valence-corrected chi connectivity index (χ0v) is 13.4. The minimum Gasteiger partial charge on any atom is -0.493 e. The molecule has 0 bridgehead atoms. The van der Waals surface area contributed by atoms with Crippen molar-refractivity contribution >= 4 is 0 Å². The molecule has 20 heavy (non-hydrogen) atoms. The number of hydrogen-bond donors (Lipinski definition) is 1. The van der Waals surface area contributed by atoms with E-state index in [0.29, 0.717) is 17.4 Å². The number of hydrogen-bond acceptors (Lipinski definition) is 2. The Labute approximate surface area is 123 Å². The van der Waals surface area contributed by atoms with E-state index in [4.69, 9.17) is 4.74 Å². The predicted octanol–water partition coefficient (Wildman–Crippen LogP) is 4.36. The van der Waals surface area contributed by atoms with Crippen molar-refractivity contribution in [2.45, 2.75) is 58.9 Å². The molecule has 2 heteroatoms. The van der Waals surface area contributed by atoms with Crippen molar-refractivity contribution in [1.29, 1.82) is 0 Å². The summed E-state index contributed by atoms with van der Waals surface area (Å²) in [4.78, 5) is 0. The molecule has 0 saturated carbocycles. The summed E-state index contributed by atoms with van der Waals surface area (Å²) in [5.74, 6) is 1.74. The van der Waals surface area contributed by atoms with Crippen LogP contribution < -0.4 is 10.1 Å². The molecule has 0 fully saturated rings. The zero-order valence-electron chi connectivity index (χ0n) is 13.4. The fraction of sp³-hybridized carbons (Fsp3) is 0.667. The molecule has 0 aliphatic carbocycles. The third-order valence-electron chi connectivity index (χ3n) is 4.29. The quantitative estimate of drug-likeness (QED) is 0.833. The first-order chi connectivity index (χ1) is 9.52. The second kappa shape index (κ2) is 6.62. The molecule has 0 radical (unpaired) electrons. The number of ether oxygens (including phenoxy) is 1. The fourth-order valence-corrected chi connectivity index (χ4v) is 3.63. The molecule has 0 spiro atoms. The molecular weight excluding hydrogens is 246 g/mol. The Kier molecular flexibility index (Phi) is 5.09. The summed E-state index contributed by atoms with van der Waals surface area (Å²) in [6.45, 7) is 11.2. The van der Waals surface area contributed by atoms with Crippen LogP contribution in [0.3, 0.4) is 0 Å². The van der Waals surface area contributed by atoms with E-state index in [1.54, 1.807) is 0 Å². The lowest BCUT2D eigenvalue weighted by molar-refractivity contribution is 0.206. The maximum atomic E-state index is 5.78. The predicted molar refractivity (Wildman–Crippen MR) is 85.4 cm³/mol. The van der Waals surface area contributed by atoms with Crippen LogP contribution in [0.1, 0.15) is 58.4 Å². The van der Waals surface area contributed by atoms with Gasteiger partial charge in [0.2, 0.25) is 0 Å². The second-order valence-electron chi connectivity index (χ2n) is 6.90. The van der Waals surface area contributed by atoms with E-state index in [1.165, 1.54) is 18.4 Å². The number of para-hydroxylation sites is 1. The van der Waals surface area contributed by atoms with Gasteiger partial charge < -0.3 is 10.1 Å². The minimum atomic E-state index is 0.358. The monoisotopic (exact) mass is 275 g/mol. The van der Waals surface area contributed by atoms with E-state index in [-0.39, 0.29) is 0 Å². The Morgan fingerprint density at radius 1 is 1.35 bits per heavy atom. The van der Waals surface area contributed by atoms with Crippen LogP contribution in [0.4, 0.5) is 0 Å². The molecule has 0 amide bonds. The molecule has 1 aliphatic rings. The van der Waals surface area contributed by atoms with E-state index in [9.17, 15) is 0 Å². The first-order valence-corrected chi connectivity index (χ1v) is 7.97. The van der Waals surface area contributed by atoms with Gasteiger partial charge in [0, 0.05) is 6.04 Å². The highest BCUT2D eigenvalue weighted by atomic mass is 16.5. The van der Waals surface area contributed by atoms with E-state index in [0.717, 1.165) is 25.3 Å². The summed E-state index contributed by atoms with van der Waals surface area (Å²) in [7, 11) is 0. The molecule has 2 atom stereocenters. The van der Waals surface area contributed by atoms with Crippen molar-refractivity contribution in [3.63, 3.8) is 0 Å². The lowest BCUT2D eigenvalue weighted by atomic mass is 9.74. The maximum absolute atomic E-state index is 5.78. The van der Waals surface area contributed by atoms with Crippen molar-refractivity contribution in [3.8, 4) is 5.75 Å². The van der Waals surface area contributed by atoms with E-state index < -0.39 is 0 Å². The van der Waals surface area contributed by atoms with Crippen LogP contribution >= 0.6 is 0 Å². The van der Waals surface area contributed by atoms with Crippen LogP contribution in [0, 0.1) is 5.41 Å². The van der Waals surface area contributed by atoms with Crippen LogP contribution in [0.2, 0.25) is 0 Å². The van der Waals surface area contributed by atoms with Crippen LogP contribution in [0.5, 0.6) is 5.75 Å². The average molecular weight is 275 g/mol. The maximum Gasteiger partial charge on any atom is 0.122 e. The Hall–Kier alpha value is -1.02. The van der Waals surface area contributed by atoms with Gasteiger partial charge in [0.05, 0.1) is 6.61 Å². The lowest BCUT2D eigenvalue weighted by Crippen LogP contribution is -2.32. The number of rotatable bonds is 6. The summed E-state index contributed by atoms with van der Waals surface area (Å²) in [5, 5.41) is 3.53. The highest BCUT2D eigenvalue weighted by Gasteiger charge is 2.29. The topological polar surface area (TPSA) is 21.3 Å². The summed E-state index contributed by atoms with van der Waals surface area (Å²) in [6.07, 6.45) is 3.61. The molecule has 1 N–H and O–H groups in total. The Bertz CT molecular complexity index is 427. The van der Waals surface area contributed by atoms with Gasteiger partial charge in [-0.05, 0) is 55.7 Å². The first kappa shape index (κ1) is 15.4. The molecule has 2 rings (SSSR count). The highest BCUT2D eigenvalue weighted by Crippen LogP contribution is 2.42. The Morgan fingerprint density at radius 2 is 2.10 bits per heavy atom. The van der Waals surface area contributed by atoms with Crippen LogP contribution in [-0.4, -0.2) is 19.2 Å². The highest BCUT2D eigenvalue weighted by molar-refractivity contribution is 5.37. The molecule has 1 aliphatic heterocycles. The fourth-order valence-electron chi connectivity index (χ4n) is 3.63. The zero-order chi connectivity index (χ0) is 14.6. The minimum absolute atomic E-state index is 0.358. The first-order valence-electron chi connectivity index (χ1n) is 7.97. The number of benzene rings is 1. The second-order valence-corrected chi connectivity index (χ2v) is 6.90. The van der Waals surface area contributed by atoms with Crippen molar-refractivity contribution in [3.05, 3.63) is 29.8 Å². The molecular formula is C18H29NO. The number of nitrogens with one attached hydrogen (secondary N) is 1. The van der Waals surface area contributed by atoms with Crippen molar-refractivity contribution < 1.29 is 4.74 Å². The average Bonchev–Trinajstić information content (AvgIpc) is 2.38. The lowest BCUT2D eigenvalue weighted by Gasteiger charge is -2.35. The van der Waals surface area contributed by atoms with Crippen LogP contribution in [0.15, 0.2) is 24.3 Å². The number of fused-ring (bicyclic) bond motifs is 1. The molecule has 0 saturated heterocycles. The smallest absolute Gasteiger partial charge is 0.122 e. The molecule has 112 valence electrons. The van der Waals surface area contributed by atoms with Gasteiger partial charge in [0.15, 0.2) is 0 Å². The molecule has 2 nitrogen and oxygen atoms in total. The van der Waals surface area contributed by atoms with Gasteiger partial charge in [-0.25, -0.2) is 0 Å². The standard InChI is InChI=1S/C18H29NO/c1-5-19-14(2)12-18(3,4)13-15-10-11-20-17-9-7-6-8-16(15)17/h6-9,14-15,19H,5,10-13H2,1-4H3. The molecule has 1 aromatic carbocycles. The van der Waals surface area contributed by atoms with Crippen molar-refractivity contribution in [2.24, 2.45) is 5.41 Å². The molecule has 1 aromatic rings. The SMILES string of the molecule is CCNC(C)CC(C)(C)CC1CCOc2ccccc21. The Balaban J connectivity index is 2.03.